The summed E-state index contributed by atoms with van der Waals surface area (Å²) in [4.78, 5) is 0. The van der Waals surface area contributed by atoms with Gasteiger partial charge in [0, 0.05) is 0 Å². The SMILES string of the molecule is C/C=C(/N)O[Si]. The van der Waals surface area contributed by atoms with Crippen molar-refractivity contribution in [2.24, 2.45) is 5.73 Å². The van der Waals surface area contributed by atoms with E-state index in [4.69, 9.17) is 5.73 Å². The van der Waals surface area contributed by atoms with Gasteiger partial charge in [0.25, 0.3) is 0 Å². The molecule has 0 saturated carbocycles. The van der Waals surface area contributed by atoms with E-state index >= 15 is 0 Å². The molecule has 0 aliphatic rings. The molecule has 0 aliphatic heterocycles. The minimum absolute atomic E-state index is 0.381. The van der Waals surface area contributed by atoms with Gasteiger partial charge in [-0.05, 0) is 13.0 Å². The molecule has 0 amide bonds. The second-order valence-electron chi connectivity index (χ2n) is 0.793. The van der Waals surface area contributed by atoms with Gasteiger partial charge < -0.3 is 10.2 Å². The van der Waals surface area contributed by atoms with Crippen LogP contribution in [0.4, 0.5) is 0 Å². The van der Waals surface area contributed by atoms with Crippen LogP contribution in [0.15, 0.2) is 12.0 Å². The fraction of sp³-hybridized carbons (Fsp3) is 0.333. The number of rotatable bonds is 1. The van der Waals surface area contributed by atoms with Crippen LogP contribution in [-0.4, -0.2) is 10.5 Å². The Labute approximate surface area is 40.5 Å². The van der Waals surface area contributed by atoms with Crippen molar-refractivity contribution in [3.8, 4) is 0 Å². The minimum Gasteiger partial charge on any atom is -0.529 e. The van der Waals surface area contributed by atoms with Gasteiger partial charge >= 0.3 is 10.5 Å². The van der Waals surface area contributed by atoms with Crippen molar-refractivity contribution in [2.75, 3.05) is 0 Å². The fourth-order valence-electron chi connectivity index (χ4n) is 0.0589. The Balaban J connectivity index is 3.22. The topological polar surface area (TPSA) is 35.2 Å². The molecule has 0 unspecified atom stereocenters. The average molecular weight is 100 g/mol. The lowest BCUT2D eigenvalue weighted by molar-refractivity contribution is 0.462. The molecule has 0 aromatic rings. The molecule has 0 atom stereocenters. The molecular weight excluding hydrogens is 94.1 g/mol. The van der Waals surface area contributed by atoms with E-state index in [0.717, 1.165) is 0 Å². The van der Waals surface area contributed by atoms with Crippen molar-refractivity contribution in [3.05, 3.63) is 12.0 Å². The van der Waals surface area contributed by atoms with Crippen molar-refractivity contribution < 1.29 is 4.43 Å². The Bertz CT molecular complexity index is 61.8. The monoisotopic (exact) mass is 100 g/mol. The average Bonchev–Trinajstić information content (AvgIpc) is 1.65. The van der Waals surface area contributed by atoms with Crippen molar-refractivity contribution in [1.29, 1.82) is 0 Å². The Morgan fingerprint density at radius 2 is 2.50 bits per heavy atom. The number of hydrogen-bond donors (Lipinski definition) is 1. The number of nitrogens with two attached hydrogens (primary N) is 1. The first-order chi connectivity index (χ1) is 2.81. The molecule has 0 aromatic heterocycles. The second-order valence-corrected chi connectivity index (χ2v) is 0.997. The Morgan fingerprint density at radius 3 is 2.50 bits per heavy atom. The predicted molar refractivity (Wildman–Crippen MR) is 24.8 cm³/mol. The van der Waals surface area contributed by atoms with Gasteiger partial charge in [0.05, 0.1) is 0 Å². The third-order valence-electron chi connectivity index (χ3n) is 0.402. The van der Waals surface area contributed by atoms with Crippen LogP contribution in [0.1, 0.15) is 6.92 Å². The molecule has 0 aliphatic carbocycles. The molecule has 0 aromatic carbocycles. The zero-order valence-corrected chi connectivity index (χ0v) is 4.56. The van der Waals surface area contributed by atoms with Crippen LogP contribution in [0, 0.1) is 0 Å². The van der Waals surface area contributed by atoms with Gasteiger partial charge in [-0.15, -0.1) is 0 Å². The molecule has 0 bridgehead atoms. The van der Waals surface area contributed by atoms with Crippen LogP contribution >= 0.6 is 0 Å². The van der Waals surface area contributed by atoms with Gasteiger partial charge in [0.2, 0.25) is 0 Å². The van der Waals surface area contributed by atoms with Crippen LogP contribution in [0.5, 0.6) is 0 Å². The summed E-state index contributed by atoms with van der Waals surface area (Å²) in [7, 11) is 2.72. The lowest BCUT2D eigenvalue weighted by atomic mass is 10.7. The standard InChI is InChI=1S/C3H6NOSi/c1-2-3(4)5-6/h2H,4H2,1H3/b3-2-. The molecule has 2 nitrogen and oxygen atoms in total. The quantitative estimate of drug-likeness (QED) is 0.369. The molecule has 33 valence electrons. The smallest absolute Gasteiger partial charge is 0.343 e. The summed E-state index contributed by atoms with van der Waals surface area (Å²) in [5.74, 6) is 0.381. The Kier molecular flexibility index (Phi) is 2.57. The summed E-state index contributed by atoms with van der Waals surface area (Å²) >= 11 is 0. The maximum atomic E-state index is 5.06. The Hall–Kier alpha value is -0.443. The molecule has 0 heterocycles. The van der Waals surface area contributed by atoms with Crippen molar-refractivity contribution in [3.63, 3.8) is 0 Å². The lowest BCUT2D eigenvalue weighted by Gasteiger charge is -1.91. The van der Waals surface area contributed by atoms with E-state index in [1.165, 1.54) is 0 Å². The number of allylic oxidation sites excluding steroid dienone is 1. The first kappa shape index (κ1) is 5.56. The molecule has 3 radical (unpaired) electrons. The summed E-state index contributed by atoms with van der Waals surface area (Å²) in [5, 5.41) is 0. The van der Waals surface area contributed by atoms with Crippen LogP contribution in [0.3, 0.4) is 0 Å². The summed E-state index contributed by atoms with van der Waals surface area (Å²) in [6.45, 7) is 1.79. The fourth-order valence-corrected chi connectivity index (χ4v) is 0.177. The number of hydrogen-bond acceptors (Lipinski definition) is 2. The van der Waals surface area contributed by atoms with Gasteiger partial charge in [-0.2, -0.15) is 0 Å². The molecule has 6 heavy (non-hydrogen) atoms. The Morgan fingerprint density at radius 1 is 2.00 bits per heavy atom. The molecular formula is C3H6NOSi. The highest BCUT2D eigenvalue weighted by molar-refractivity contribution is 5.98. The third kappa shape index (κ3) is 1.84. The lowest BCUT2D eigenvalue weighted by Crippen LogP contribution is -1.97. The van der Waals surface area contributed by atoms with Gasteiger partial charge in [-0.3, -0.25) is 0 Å². The first-order valence-electron chi connectivity index (χ1n) is 1.56. The van der Waals surface area contributed by atoms with E-state index < -0.39 is 0 Å². The molecule has 0 rings (SSSR count). The molecule has 0 fully saturated rings. The highest BCUT2D eigenvalue weighted by Crippen LogP contribution is 1.76. The van der Waals surface area contributed by atoms with E-state index in [0.29, 0.717) is 5.88 Å². The van der Waals surface area contributed by atoms with Crippen LogP contribution < -0.4 is 5.73 Å². The van der Waals surface area contributed by atoms with E-state index in [1.54, 1.807) is 13.0 Å². The molecule has 0 saturated heterocycles. The zero-order valence-electron chi connectivity index (χ0n) is 3.56. The highest BCUT2D eigenvalue weighted by Gasteiger charge is 1.72. The van der Waals surface area contributed by atoms with Crippen LogP contribution in [0.25, 0.3) is 0 Å². The van der Waals surface area contributed by atoms with E-state index in [2.05, 4.69) is 14.9 Å². The maximum absolute atomic E-state index is 5.06. The first-order valence-corrected chi connectivity index (χ1v) is 1.97. The molecule has 2 N–H and O–H groups in total. The zero-order chi connectivity index (χ0) is 4.99. The van der Waals surface area contributed by atoms with Gasteiger partial charge in [0.1, 0.15) is 0 Å². The summed E-state index contributed by atoms with van der Waals surface area (Å²) in [6, 6.07) is 0. The highest BCUT2D eigenvalue weighted by atomic mass is 28.2. The summed E-state index contributed by atoms with van der Waals surface area (Å²) in [5.41, 5.74) is 5.06. The van der Waals surface area contributed by atoms with E-state index in [9.17, 15) is 0 Å². The van der Waals surface area contributed by atoms with Crippen LogP contribution in [0.2, 0.25) is 0 Å². The predicted octanol–water partition coefficient (Wildman–Crippen LogP) is -0.0935. The van der Waals surface area contributed by atoms with Crippen molar-refractivity contribution >= 4 is 10.5 Å². The van der Waals surface area contributed by atoms with E-state index in [-0.39, 0.29) is 0 Å². The van der Waals surface area contributed by atoms with Crippen molar-refractivity contribution in [1.82, 2.24) is 0 Å². The third-order valence-corrected chi connectivity index (χ3v) is 0.638. The summed E-state index contributed by atoms with van der Waals surface area (Å²) < 4.78 is 4.34. The molecule has 3 heteroatoms. The van der Waals surface area contributed by atoms with Crippen LogP contribution in [-0.2, 0) is 4.43 Å². The minimum atomic E-state index is 0.381. The second kappa shape index (κ2) is 2.78. The van der Waals surface area contributed by atoms with Crippen molar-refractivity contribution in [2.45, 2.75) is 6.92 Å². The van der Waals surface area contributed by atoms with E-state index in [1.807, 2.05) is 0 Å². The van der Waals surface area contributed by atoms with Gasteiger partial charge in [-0.1, -0.05) is 0 Å². The molecule has 0 spiro atoms. The largest absolute Gasteiger partial charge is 0.529 e. The normalized spacial score (nSPS) is 11.3. The van der Waals surface area contributed by atoms with Gasteiger partial charge in [-0.25, -0.2) is 0 Å². The summed E-state index contributed by atoms with van der Waals surface area (Å²) in [6.07, 6.45) is 1.65. The van der Waals surface area contributed by atoms with Gasteiger partial charge in [0.15, 0.2) is 5.88 Å². The maximum Gasteiger partial charge on any atom is 0.343 e.